The quantitative estimate of drug-likeness (QED) is 0.0915. The third kappa shape index (κ3) is 7.66. The molecule has 0 radical (unpaired) electrons. The molecule has 0 saturated carbocycles. The number of carbonyl (C=O) groups is 4. The lowest BCUT2D eigenvalue weighted by Crippen LogP contribution is -2.31. The summed E-state index contributed by atoms with van der Waals surface area (Å²) in [5.41, 5.74) is 13.4. The average molecular weight is 782 g/mol. The summed E-state index contributed by atoms with van der Waals surface area (Å²) in [5.74, 6) is -2.36. The van der Waals surface area contributed by atoms with Crippen LogP contribution >= 0.6 is 23.2 Å². The minimum Gasteiger partial charge on any atom is -0.322 e. The summed E-state index contributed by atoms with van der Waals surface area (Å²) < 4.78 is 0. The van der Waals surface area contributed by atoms with Crippen molar-refractivity contribution in [3.05, 3.63) is 163 Å². The van der Waals surface area contributed by atoms with Crippen molar-refractivity contribution in [1.29, 1.82) is 0 Å². The number of carbonyl (C=O) groups excluding carboxylic acids is 4. The second-order valence-electron chi connectivity index (χ2n) is 13.4. The van der Waals surface area contributed by atoms with Crippen molar-refractivity contribution in [3.8, 4) is 0 Å². The van der Waals surface area contributed by atoms with Crippen LogP contribution in [-0.4, -0.2) is 34.8 Å². The molecule has 0 fully saturated rings. The largest absolute Gasteiger partial charge is 0.322 e. The van der Waals surface area contributed by atoms with Crippen LogP contribution in [0.1, 0.15) is 44.5 Å². The van der Waals surface area contributed by atoms with Gasteiger partial charge in [0.2, 0.25) is 11.6 Å². The van der Waals surface area contributed by atoms with Gasteiger partial charge in [-0.05, 0) is 110 Å². The molecule has 4 N–H and O–H groups in total. The van der Waals surface area contributed by atoms with Crippen LogP contribution in [0.15, 0.2) is 118 Å². The molecule has 0 unspecified atom stereocenters. The van der Waals surface area contributed by atoms with Crippen LogP contribution in [0.4, 0.5) is 22.7 Å². The first-order valence-corrected chi connectivity index (χ1v) is 18.3. The SMILES string of the molecule is Cc1ccc(Cl)cc1N/N=C1\C(=O)C(C(=O)Nc2cc(C)c(NC(=O)C3=Cc4ccccc4/C(=N\Nc4cc(Cl)ccc4C)C3=O)cc2C)=Cc2ccccc21. The molecule has 10 nitrogen and oxygen atoms in total. The zero-order valence-electron chi connectivity index (χ0n) is 30.7. The highest BCUT2D eigenvalue weighted by Crippen LogP contribution is 2.30. The van der Waals surface area contributed by atoms with E-state index in [4.69, 9.17) is 23.2 Å². The number of Topliss-reactive ketones (excluding diaryl/α,β-unsaturated/α-hetero) is 2. The Labute approximate surface area is 333 Å². The van der Waals surface area contributed by atoms with Crippen LogP contribution < -0.4 is 21.5 Å². The lowest BCUT2D eigenvalue weighted by Gasteiger charge is -2.20. The summed E-state index contributed by atoms with van der Waals surface area (Å²) in [7, 11) is 0. The van der Waals surface area contributed by atoms with Crippen LogP contribution in [0, 0.1) is 27.7 Å². The van der Waals surface area contributed by atoms with Gasteiger partial charge in [-0.1, -0.05) is 83.9 Å². The van der Waals surface area contributed by atoms with Gasteiger partial charge in [0.05, 0.1) is 22.5 Å². The van der Waals surface area contributed by atoms with Gasteiger partial charge in [-0.15, -0.1) is 0 Å². The Balaban J connectivity index is 1.11. The maximum Gasteiger partial charge on any atom is 0.259 e. The third-order valence-electron chi connectivity index (χ3n) is 9.48. The molecule has 0 aromatic heterocycles. The molecule has 0 bridgehead atoms. The molecule has 0 spiro atoms. The third-order valence-corrected chi connectivity index (χ3v) is 9.95. The number of fused-ring (bicyclic) bond motifs is 2. The second-order valence-corrected chi connectivity index (χ2v) is 14.3. The second kappa shape index (κ2) is 15.6. The highest BCUT2D eigenvalue weighted by Gasteiger charge is 2.32. The van der Waals surface area contributed by atoms with Crippen molar-refractivity contribution in [3.63, 3.8) is 0 Å². The van der Waals surface area contributed by atoms with E-state index in [-0.39, 0.29) is 22.6 Å². The first-order chi connectivity index (χ1) is 26.9. The van der Waals surface area contributed by atoms with Crippen LogP contribution in [0.2, 0.25) is 10.0 Å². The minimum absolute atomic E-state index is 0.0799. The van der Waals surface area contributed by atoms with Crippen molar-refractivity contribution in [2.45, 2.75) is 27.7 Å². The fraction of sp³-hybridized carbons (Fsp3) is 0.0909. The molecule has 0 saturated heterocycles. The Bertz CT molecular complexity index is 2460. The molecule has 2 amide bonds. The van der Waals surface area contributed by atoms with Gasteiger partial charge >= 0.3 is 0 Å². The van der Waals surface area contributed by atoms with Crippen molar-refractivity contribution in [1.82, 2.24) is 0 Å². The summed E-state index contributed by atoms with van der Waals surface area (Å²) >= 11 is 12.4. The lowest BCUT2D eigenvalue weighted by molar-refractivity contribution is -0.118. The molecule has 0 atom stereocenters. The highest BCUT2D eigenvalue weighted by atomic mass is 35.5. The number of hydrogen-bond donors (Lipinski definition) is 4. The number of benzene rings is 5. The van der Waals surface area contributed by atoms with E-state index >= 15 is 0 Å². The monoisotopic (exact) mass is 780 g/mol. The number of nitrogens with one attached hydrogen (secondary N) is 4. The Morgan fingerprint density at radius 3 is 1.30 bits per heavy atom. The van der Waals surface area contributed by atoms with Crippen molar-refractivity contribution >= 4 is 92.9 Å². The number of aryl methyl sites for hydroxylation is 4. The Hall–Kier alpha value is -6.62. The van der Waals surface area contributed by atoms with E-state index in [0.717, 1.165) is 11.1 Å². The zero-order valence-corrected chi connectivity index (χ0v) is 32.2. The number of nitrogens with zero attached hydrogens (tertiary/aromatic N) is 2. The summed E-state index contributed by atoms with van der Waals surface area (Å²) in [6, 6.07) is 28.4. The summed E-state index contributed by atoms with van der Waals surface area (Å²) in [6.07, 6.45) is 3.09. The number of halogens is 2. The van der Waals surface area contributed by atoms with Crippen LogP contribution in [0.5, 0.6) is 0 Å². The molecule has 5 aromatic carbocycles. The van der Waals surface area contributed by atoms with Gasteiger partial charge in [0.15, 0.2) is 0 Å². The van der Waals surface area contributed by atoms with Crippen molar-refractivity contribution in [2.75, 3.05) is 21.5 Å². The standard InChI is InChI=1S/C44H34Cl2N6O4/c1-23-13-15-29(45)21-37(23)49-51-39-31-11-7-5-9-27(31)19-33(41(39)53)43(55)47-35-17-26(4)36(18-25(35)3)48-44(56)34-20-28-10-6-8-12-32(28)40(42(34)54)52-50-38-22-30(46)16-14-24(38)2/h5-22,49-50H,1-4H3,(H,47,55)(H,48,56)/b51-39-,52-40+. The van der Waals surface area contributed by atoms with E-state index in [2.05, 4.69) is 31.7 Å². The topological polar surface area (TPSA) is 141 Å². The van der Waals surface area contributed by atoms with E-state index in [1.165, 1.54) is 0 Å². The van der Waals surface area contributed by atoms with E-state index in [1.807, 2.05) is 38.1 Å². The van der Waals surface area contributed by atoms with E-state index in [9.17, 15) is 19.2 Å². The smallest absolute Gasteiger partial charge is 0.259 e. The number of ketones is 2. The fourth-order valence-corrected chi connectivity index (χ4v) is 6.65. The number of rotatable bonds is 8. The van der Waals surface area contributed by atoms with Crippen LogP contribution in [-0.2, 0) is 19.2 Å². The average Bonchev–Trinajstić information content (AvgIpc) is 3.18. The molecule has 5 aromatic rings. The van der Waals surface area contributed by atoms with Gasteiger partial charge in [0.25, 0.3) is 11.8 Å². The van der Waals surface area contributed by atoms with E-state index in [1.54, 1.807) is 98.8 Å². The maximum absolute atomic E-state index is 13.8. The van der Waals surface area contributed by atoms with Crippen LogP contribution in [0.3, 0.4) is 0 Å². The Morgan fingerprint density at radius 1 is 0.500 bits per heavy atom. The predicted octanol–water partition coefficient (Wildman–Crippen LogP) is 9.07. The van der Waals surface area contributed by atoms with Gasteiger partial charge in [0.1, 0.15) is 11.4 Å². The number of anilines is 4. The molecule has 7 rings (SSSR count). The van der Waals surface area contributed by atoms with Crippen molar-refractivity contribution in [2.24, 2.45) is 10.2 Å². The number of hydrazone groups is 2. The predicted molar refractivity (Wildman–Crippen MR) is 225 cm³/mol. The molecular formula is C44H34Cl2N6O4. The highest BCUT2D eigenvalue weighted by molar-refractivity contribution is 6.60. The maximum atomic E-state index is 13.8. The van der Waals surface area contributed by atoms with E-state index in [0.29, 0.717) is 66.2 Å². The minimum atomic E-state index is -0.625. The fourth-order valence-electron chi connectivity index (χ4n) is 6.30. The van der Waals surface area contributed by atoms with E-state index < -0.39 is 23.4 Å². The first kappa shape index (κ1) is 37.7. The number of amides is 2. The molecule has 0 heterocycles. The van der Waals surface area contributed by atoms with Gasteiger partial charge < -0.3 is 10.6 Å². The first-order valence-electron chi connectivity index (χ1n) is 17.5. The Morgan fingerprint density at radius 2 is 0.893 bits per heavy atom. The van der Waals surface area contributed by atoms with Gasteiger partial charge in [-0.3, -0.25) is 30.0 Å². The summed E-state index contributed by atoms with van der Waals surface area (Å²) in [5, 5.41) is 15.6. The van der Waals surface area contributed by atoms with Crippen molar-refractivity contribution < 1.29 is 19.2 Å². The molecule has 0 aliphatic heterocycles. The zero-order chi connectivity index (χ0) is 39.7. The molecule has 12 heteroatoms. The van der Waals surface area contributed by atoms with Crippen LogP contribution in [0.25, 0.3) is 12.2 Å². The Kier molecular flexibility index (Phi) is 10.5. The molecule has 56 heavy (non-hydrogen) atoms. The van der Waals surface area contributed by atoms with Gasteiger partial charge in [0, 0.05) is 32.5 Å². The summed E-state index contributed by atoms with van der Waals surface area (Å²) in [4.78, 5) is 55.1. The molecule has 278 valence electrons. The molecular weight excluding hydrogens is 747 g/mol. The number of hydrogen-bond acceptors (Lipinski definition) is 8. The van der Waals surface area contributed by atoms with Gasteiger partial charge in [-0.25, -0.2) is 0 Å². The van der Waals surface area contributed by atoms with Gasteiger partial charge in [-0.2, -0.15) is 10.2 Å². The molecule has 2 aliphatic rings. The normalized spacial score (nSPS) is 14.8. The lowest BCUT2D eigenvalue weighted by atomic mass is 9.89. The molecule has 2 aliphatic carbocycles. The summed E-state index contributed by atoms with van der Waals surface area (Å²) in [6.45, 7) is 7.29.